The van der Waals surface area contributed by atoms with Crippen molar-refractivity contribution in [1.82, 2.24) is 5.32 Å². The smallest absolute Gasteiger partial charge is 0.136 e. The quantitative estimate of drug-likeness (QED) is 0.793. The third-order valence-corrected chi connectivity index (χ3v) is 3.90. The van der Waals surface area contributed by atoms with Crippen molar-refractivity contribution >= 4 is 11.8 Å². The molecule has 2 rings (SSSR count). The number of benzene rings is 1. The van der Waals surface area contributed by atoms with Crippen LogP contribution in [0.15, 0.2) is 29.2 Å². The van der Waals surface area contributed by atoms with E-state index in [4.69, 9.17) is 0 Å². The van der Waals surface area contributed by atoms with Crippen molar-refractivity contribution < 1.29 is 4.39 Å². The molecule has 0 spiro atoms. The molecule has 1 aliphatic heterocycles. The molecule has 0 bridgehead atoms. The standard InChI is InChI=1S/C12H16FNS/c13-11-6-1-2-7-12(11)15-9-10-5-3-4-8-14-10/h1-2,6-7,10,14H,3-5,8-9H2. The second-order valence-electron chi connectivity index (χ2n) is 3.89. The van der Waals surface area contributed by atoms with Gasteiger partial charge in [-0.25, -0.2) is 4.39 Å². The first-order valence-corrected chi connectivity index (χ1v) is 6.45. The Morgan fingerprint density at radius 2 is 2.20 bits per heavy atom. The predicted octanol–water partition coefficient (Wildman–Crippen LogP) is 3.06. The fourth-order valence-corrected chi connectivity index (χ4v) is 2.86. The molecule has 0 amide bonds. The van der Waals surface area contributed by atoms with E-state index in [1.165, 1.54) is 25.3 Å². The van der Waals surface area contributed by atoms with Crippen LogP contribution < -0.4 is 5.32 Å². The van der Waals surface area contributed by atoms with Gasteiger partial charge in [-0.2, -0.15) is 0 Å². The first-order chi connectivity index (χ1) is 7.36. The summed E-state index contributed by atoms with van der Waals surface area (Å²) in [7, 11) is 0. The molecule has 1 aromatic carbocycles. The van der Waals surface area contributed by atoms with Crippen LogP contribution >= 0.6 is 11.8 Å². The number of halogens is 1. The van der Waals surface area contributed by atoms with Gasteiger partial charge in [0.2, 0.25) is 0 Å². The minimum absolute atomic E-state index is 0.0988. The molecule has 1 heterocycles. The molecule has 3 heteroatoms. The first-order valence-electron chi connectivity index (χ1n) is 5.47. The summed E-state index contributed by atoms with van der Waals surface area (Å²) >= 11 is 1.62. The van der Waals surface area contributed by atoms with Crippen molar-refractivity contribution in [1.29, 1.82) is 0 Å². The van der Waals surface area contributed by atoms with Crippen molar-refractivity contribution in [2.45, 2.75) is 30.2 Å². The zero-order valence-corrected chi connectivity index (χ0v) is 9.52. The SMILES string of the molecule is Fc1ccccc1SCC1CCCCN1. The van der Waals surface area contributed by atoms with Crippen LogP contribution in [0.2, 0.25) is 0 Å². The molecule has 15 heavy (non-hydrogen) atoms. The van der Waals surface area contributed by atoms with Gasteiger partial charge in [0.15, 0.2) is 0 Å². The van der Waals surface area contributed by atoms with Gasteiger partial charge in [0.05, 0.1) is 0 Å². The molecular formula is C12H16FNS. The maximum atomic E-state index is 13.3. The average molecular weight is 225 g/mol. The Hall–Kier alpha value is -0.540. The van der Waals surface area contributed by atoms with Gasteiger partial charge in [0.1, 0.15) is 5.82 Å². The third-order valence-electron chi connectivity index (χ3n) is 2.69. The maximum absolute atomic E-state index is 13.3. The Balaban J connectivity index is 1.84. The van der Waals surface area contributed by atoms with Gasteiger partial charge >= 0.3 is 0 Å². The average Bonchev–Trinajstić information content (AvgIpc) is 2.29. The topological polar surface area (TPSA) is 12.0 Å². The summed E-state index contributed by atoms with van der Waals surface area (Å²) in [5.41, 5.74) is 0. The summed E-state index contributed by atoms with van der Waals surface area (Å²) in [6, 6.07) is 7.56. The number of thioether (sulfide) groups is 1. The summed E-state index contributed by atoms with van der Waals surface area (Å²) in [5.74, 6) is 0.874. The van der Waals surface area contributed by atoms with Crippen LogP contribution in [-0.4, -0.2) is 18.3 Å². The van der Waals surface area contributed by atoms with E-state index in [1.54, 1.807) is 17.8 Å². The first kappa shape index (κ1) is 11.0. The summed E-state index contributed by atoms with van der Waals surface area (Å²) in [6.07, 6.45) is 3.80. The second-order valence-corrected chi connectivity index (χ2v) is 4.95. The lowest BCUT2D eigenvalue weighted by atomic mass is 10.1. The summed E-state index contributed by atoms with van der Waals surface area (Å²) in [6.45, 7) is 1.11. The molecule has 1 atom stereocenters. The highest BCUT2D eigenvalue weighted by molar-refractivity contribution is 7.99. The molecule has 82 valence electrons. The van der Waals surface area contributed by atoms with Gasteiger partial charge in [0, 0.05) is 16.7 Å². The fraction of sp³-hybridized carbons (Fsp3) is 0.500. The number of piperidine rings is 1. The minimum atomic E-state index is -0.0988. The van der Waals surface area contributed by atoms with Gasteiger partial charge in [-0.15, -0.1) is 11.8 Å². The van der Waals surface area contributed by atoms with E-state index in [1.807, 2.05) is 12.1 Å². The highest BCUT2D eigenvalue weighted by atomic mass is 32.2. The fourth-order valence-electron chi connectivity index (χ4n) is 1.82. The predicted molar refractivity (Wildman–Crippen MR) is 62.8 cm³/mol. The molecule has 1 fully saturated rings. The van der Waals surface area contributed by atoms with E-state index >= 15 is 0 Å². The molecule has 1 nitrogen and oxygen atoms in total. The van der Waals surface area contributed by atoms with E-state index in [9.17, 15) is 4.39 Å². The molecule has 1 unspecified atom stereocenters. The zero-order valence-electron chi connectivity index (χ0n) is 8.71. The lowest BCUT2D eigenvalue weighted by molar-refractivity contribution is 0.430. The lowest BCUT2D eigenvalue weighted by Crippen LogP contribution is -2.35. The van der Waals surface area contributed by atoms with Gasteiger partial charge in [-0.05, 0) is 31.5 Å². The Labute approximate surface area is 94.5 Å². The van der Waals surface area contributed by atoms with Crippen molar-refractivity contribution in [3.63, 3.8) is 0 Å². The Bertz CT molecular complexity index is 310. The number of hydrogen-bond donors (Lipinski definition) is 1. The molecule has 0 saturated carbocycles. The molecule has 0 aromatic heterocycles. The molecule has 1 saturated heterocycles. The molecule has 0 radical (unpaired) electrons. The molecule has 1 aromatic rings. The van der Waals surface area contributed by atoms with Gasteiger partial charge < -0.3 is 5.32 Å². The van der Waals surface area contributed by atoms with Crippen LogP contribution in [0.3, 0.4) is 0 Å². The second kappa shape index (κ2) is 5.52. The van der Waals surface area contributed by atoms with Gasteiger partial charge in [0.25, 0.3) is 0 Å². The van der Waals surface area contributed by atoms with Crippen molar-refractivity contribution in [2.75, 3.05) is 12.3 Å². The van der Waals surface area contributed by atoms with E-state index in [-0.39, 0.29) is 5.82 Å². The normalized spacial score (nSPS) is 21.5. The van der Waals surface area contributed by atoms with Crippen LogP contribution in [0.25, 0.3) is 0 Å². The van der Waals surface area contributed by atoms with Crippen molar-refractivity contribution in [3.05, 3.63) is 30.1 Å². The van der Waals surface area contributed by atoms with Crippen LogP contribution in [0.4, 0.5) is 4.39 Å². The third kappa shape index (κ3) is 3.21. The molecular weight excluding hydrogens is 209 g/mol. The monoisotopic (exact) mass is 225 g/mol. The largest absolute Gasteiger partial charge is 0.313 e. The molecule has 1 aliphatic rings. The Morgan fingerprint density at radius 3 is 2.93 bits per heavy atom. The number of nitrogens with one attached hydrogen (secondary N) is 1. The van der Waals surface area contributed by atoms with E-state index in [0.29, 0.717) is 6.04 Å². The molecule has 0 aliphatic carbocycles. The number of rotatable bonds is 3. The van der Waals surface area contributed by atoms with Crippen LogP contribution in [0, 0.1) is 5.82 Å². The zero-order chi connectivity index (χ0) is 10.5. The van der Waals surface area contributed by atoms with E-state index in [2.05, 4.69) is 5.32 Å². The van der Waals surface area contributed by atoms with Crippen molar-refractivity contribution in [2.24, 2.45) is 0 Å². The van der Waals surface area contributed by atoms with Crippen LogP contribution in [0.5, 0.6) is 0 Å². The Morgan fingerprint density at radius 1 is 1.33 bits per heavy atom. The van der Waals surface area contributed by atoms with E-state index in [0.717, 1.165) is 17.2 Å². The summed E-state index contributed by atoms with van der Waals surface area (Å²) < 4.78 is 13.3. The van der Waals surface area contributed by atoms with Gasteiger partial charge in [-0.3, -0.25) is 0 Å². The van der Waals surface area contributed by atoms with E-state index < -0.39 is 0 Å². The van der Waals surface area contributed by atoms with Crippen molar-refractivity contribution in [3.8, 4) is 0 Å². The lowest BCUT2D eigenvalue weighted by Gasteiger charge is -2.22. The van der Waals surface area contributed by atoms with Gasteiger partial charge in [-0.1, -0.05) is 18.6 Å². The molecule has 1 N–H and O–H groups in total. The van der Waals surface area contributed by atoms with Crippen LogP contribution in [-0.2, 0) is 0 Å². The minimum Gasteiger partial charge on any atom is -0.313 e. The van der Waals surface area contributed by atoms with Crippen LogP contribution in [0.1, 0.15) is 19.3 Å². The highest BCUT2D eigenvalue weighted by Crippen LogP contribution is 2.23. The summed E-state index contributed by atoms with van der Waals surface area (Å²) in [4.78, 5) is 0.768. The Kier molecular flexibility index (Phi) is 4.03. The summed E-state index contributed by atoms with van der Waals surface area (Å²) in [5, 5.41) is 3.47. The highest BCUT2D eigenvalue weighted by Gasteiger charge is 2.13. The maximum Gasteiger partial charge on any atom is 0.136 e. The number of hydrogen-bond acceptors (Lipinski definition) is 2.